The van der Waals surface area contributed by atoms with Gasteiger partial charge in [-0.05, 0) is 62.2 Å². The maximum Gasteiger partial charge on any atom is 0.228 e. The molecule has 2 aromatic carbocycles. The van der Waals surface area contributed by atoms with Crippen molar-refractivity contribution in [2.45, 2.75) is 39.3 Å². The number of carbonyl (C=O) groups excluding carboxylic acids is 1. The number of hydrogen-bond donors (Lipinski definition) is 0. The van der Waals surface area contributed by atoms with Crippen molar-refractivity contribution in [2.75, 3.05) is 25.6 Å². The number of anilines is 1. The molecule has 0 saturated heterocycles. The first kappa shape index (κ1) is 22.9. The molecule has 0 atom stereocenters. The number of aromatic nitrogens is 2. The van der Waals surface area contributed by atoms with Crippen LogP contribution in [-0.2, 0) is 30.7 Å². The van der Waals surface area contributed by atoms with Crippen LogP contribution in [0.5, 0.6) is 5.75 Å². The molecule has 1 aromatic heterocycles. The highest BCUT2D eigenvalue weighted by molar-refractivity contribution is 5.95. The second-order valence-electron chi connectivity index (χ2n) is 8.48. The average molecular weight is 449 g/mol. The molecular formula is C26H29FN4O2. The molecule has 0 radical (unpaired) electrons. The van der Waals surface area contributed by atoms with Gasteiger partial charge in [0.25, 0.3) is 0 Å². The van der Waals surface area contributed by atoms with Gasteiger partial charge in [-0.1, -0.05) is 24.3 Å². The number of aryl methyl sites for hydroxylation is 1. The topological polar surface area (TPSA) is 58.6 Å². The number of fused-ring (bicyclic) bond motifs is 1. The Morgan fingerprint density at radius 1 is 1.06 bits per heavy atom. The summed E-state index contributed by atoms with van der Waals surface area (Å²) in [4.78, 5) is 26.2. The number of benzene rings is 2. The molecule has 3 aromatic rings. The molecule has 0 saturated carbocycles. The van der Waals surface area contributed by atoms with Gasteiger partial charge in [-0.3, -0.25) is 14.6 Å². The molecule has 6 nitrogen and oxygen atoms in total. The van der Waals surface area contributed by atoms with Crippen molar-refractivity contribution < 1.29 is 13.9 Å². The first-order valence-electron chi connectivity index (χ1n) is 11.2. The summed E-state index contributed by atoms with van der Waals surface area (Å²) in [6.45, 7) is 3.61. The van der Waals surface area contributed by atoms with Crippen molar-refractivity contribution in [3.8, 4) is 5.75 Å². The predicted molar refractivity (Wildman–Crippen MR) is 126 cm³/mol. The molecular weight excluding hydrogens is 419 g/mol. The molecule has 0 spiro atoms. The van der Waals surface area contributed by atoms with Crippen molar-refractivity contribution >= 4 is 11.7 Å². The zero-order valence-corrected chi connectivity index (χ0v) is 19.3. The van der Waals surface area contributed by atoms with E-state index < -0.39 is 0 Å². The van der Waals surface area contributed by atoms with E-state index in [2.05, 4.69) is 0 Å². The van der Waals surface area contributed by atoms with Crippen LogP contribution in [0, 0.1) is 12.7 Å². The molecule has 4 rings (SSSR count). The molecule has 1 amide bonds. The second kappa shape index (κ2) is 10.1. The highest BCUT2D eigenvalue weighted by atomic mass is 19.1. The fourth-order valence-electron chi connectivity index (χ4n) is 4.25. The Hall–Kier alpha value is -3.32. The maximum absolute atomic E-state index is 13.5. The van der Waals surface area contributed by atoms with E-state index in [9.17, 15) is 9.18 Å². The first-order chi connectivity index (χ1) is 15.9. The van der Waals surface area contributed by atoms with Crippen LogP contribution in [0.15, 0.2) is 48.5 Å². The lowest BCUT2D eigenvalue weighted by molar-refractivity contribution is -0.118. The van der Waals surface area contributed by atoms with E-state index in [0.717, 1.165) is 34.0 Å². The minimum atomic E-state index is -0.244. The number of amides is 1. The minimum absolute atomic E-state index is 0.0857. The Balaban J connectivity index is 1.52. The fraction of sp³-hybridized carbons (Fsp3) is 0.346. The van der Waals surface area contributed by atoms with Crippen LogP contribution in [0.1, 0.15) is 34.6 Å². The fourth-order valence-corrected chi connectivity index (χ4v) is 4.25. The molecule has 0 fully saturated rings. The van der Waals surface area contributed by atoms with E-state index in [1.807, 2.05) is 49.2 Å². The molecule has 0 unspecified atom stereocenters. The number of hydrogen-bond acceptors (Lipinski definition) is 5. The van der Waals surface area contributed by atoms with Gasteiger partial charge in [0, 0.05) is 30.8 Å². The number of rotatable bonds is 8. The Morgan fingerprint density at radius 2 is 1.85 bits per heavy atom. The van der Waals surface area contributed by atoms with E-state index in [0.29, 0.717) is 44.7 Å². The highest BCUT2D eigenvalue weighted by Gasteiger charge is 2.28. The van der Waals surface area contributed by atoms with Gasteiger partial charge in [-0.15, -0.1) is 0 Å². The lowest BCUT2D eigenvalue weighted by atomic mass is 10.0. The van der Waals surface area contributed by atoms with Crippen molar-refractivity contribution in [1.29, 1.82) is 0 Å². The van der Waals surface area contributed by atoms with Gasteiger partial charge >= 0.3 is 0 Å². The molecule has 0 aliphatic carbocycles. The third-order valence-electron chi connectivity index (χ3n) is 5.90. The molecule has 1 aliphatic heterocycles. The zero-order valence-electron chi connectivity index (χ0n) is 19.3. The summed E-state index contributed by atoms with van der Waals surface area (Å²) in [5, 5.41) is 0. The van der Waals surface area contributed by atoms with E-state index in [-0.39, 0.29) is 11.7 Å². The van der Waals surface area contributed by atoms with E-state index in [1.165, 1.54) is 12.1 Å². The maximum atomic E-state index is 13.5. The van der Waals surface area contributed by atoms with Gasteiger partial charge in [-0.2, -0.15) is 0 Å². The van der Waals surface area contributed by atoms with Crippen LogP contribution < -0.4 is 9.64 Å². The first-order valence-corrected chi connectivity index (χ1v) is 11.2. The van der Waals surface area contributed by atoms with E-state index >= 15 is 0 Å². The van der Waals surface area contributed by atoms with Crippen LogP contribution in [0.3, 0.4) is 0 Å². The van der Waals surface area contributed by atoms with Crippen LogP contribution in [0.2, 0.25) is 0 Å². The predicted octanol–water partition coefficient (Wildman–Crippen LogP) is 4.09. The molecule has 33 heavy (non-hydrogen) atoms. The Bertz CT molecular complexity index is 1150. The monoisotopic (exact) mass is 448 g/mol. The Kier molecular flexibility index (Phi) is 6.99. The van der Waals surface area contributed by atoms with Gasteiger partial charge in [0.2, 0.25) is 5.91 Å². The minimum Gasteiger partial charge on any atom is -0.497 e. The lowest BCUT2D eigenvalue weighted by Crippen LogP contribution is -2.38. The SMILES string of the molecule is COc1cccc(CCN2C(=O)CCc3c(C)nc(CN(C)Cc4cccc(F)c4)nc32)c1. The van der Waals surface area contributed by atoms with E-state index in [4.69, 9.17) is 14.7 Å². The molecule has 172 valence electrons. The summed E-state index contributed by atoms with van der Waals surface area (Å²) in [6.07, 6.45) is 1.84. The van der Waals surface area contributed by atoms with Crippen LogP contribution in [0.25, 0.3) is 0 Å². The normalized spacial score (nSPS) is 13.4. The van der Waals surface area contributed by atoms with Crippen LogP contribution in [-0.4, -0.2) is 41.5 Å². The van der Waals surface area contributed by atoms with Gasteiger partial charge in [-0.25, -0.2) is 14.4 Å². The summed E-state index contributed by atoms with van der Waals surface area (Å²) >= 11 is 0. The molecule has 0 N–H and O–H groups in total. The van der Waals surface area contributed by atoms with Crippen molar-refractivity contribution in [3.05, 3.63) is 82.6 Å². The lowest BCUT2D eigenvalue weighted by Gasteiger charge is -2.30. The van der Waals surface area contributed by atoms with Gasteiger partial charge in [0.05, 0.1) is 13.7 Å². The average Bonchev–Trinajstić information content (AvgIpc) is 2.78. The number of nitrogens with zero attached hydrogens (tertiary/aromatic N) is 4. The van der Waals surface area contributed by atoms with Crippen LogP contribution >= 0.6 is 0 Å². The largest absolute Gasteiger partial charge is 0.497 e. The quantitative estimate of drug-likeness (QED) is 0.520. The molecule has 0 bridgehead atoms. The smallest absolute Gasteiger partial charge is 0.228 e. The summed E-state index contributed by atoms with van der Waals surface area (Å²) in [5.74, 6) is 2.02. The third-order valence-corrected chi connectivity index (χ3v) is 5.90. The Morgan fingerprint density at radius 3 is 2.64 bits per heavy atom. The summed E-state index contributed by atoms with van der Waals surface area (Å²) < 4.78 is 18.8. The second-order valence-corrected chi connectivity index (χ2v) is 8.48. The van der Waals surface area contributed by atoms with Crippen molar-refractivity contribution in [3.63, 3.8) is 0 Å². The van der Waals surface area contributed by atoms with Crippen molar-refractivity contribution in [1.82, 2.24) is 14.9 Å². The van der Waals surface area contributed by atoms with Gasteiger partial charge in [0.15, 0.2) is 0 Å². The number of halogens is 1. The molecule has 2 heterocycles. The molecule has 7 heteroatoms. The number of carbonyl (C=O) groups is 1. The summed E-state index contributed by atoms with van der Waals surface area (Å²) in [7, 11) is 3.60. The number of methoxy groups -OCH3 is 1. The standard InChI is InChI=1S/C26H29FN4O2/c1-18-23-10-11-25(32)31(13-12-19-6-5-9-22(15-19)33-3)26(23)29-24(28-18)17-30(2)16-20-7-4-8-21(27)14-20/h4-9,14-15H,10-13,16-17H2,1-3H3. The Labute approximate surface area is 194 Å². The van der Waals surface area contributed by atoms with Crippen LogP contribution in [0.4, 0.5) is 10.2 Å². The summed E-state index contributed by atoms with van der Waals surface area (Å²) in [5.41, 5.74) is 3.95. The third kappa shape index (κ3) is 5.54. The summed E-state index contributed by atoms with van der Waals surface area (Å²) in [6, 6.07) is 14.5. The van der Waals surface area contributed by atoms with E-state index in [1.54, 1.807) is 18.1 Å². The van der Waals surface area contributed by atoms with Gasteiger partial charge in [0.1, 0.15) is 23.2 Å². The molecule has 1 aliphatic rings. The number of ether oxygens (including phenoxy) is 1. The zero-order chi connectivity index (χ0) is 23.4. The van der Waals surface area contributed by atoms with Gasteiger partial charge < -0.3 is 4.74 Å². The highest BCUT2D eigenvalue weighted by Crippen LogP contribution is 2.28. The van der Waals surface area contributed by atoms with Crippen molar-refractivity contribution in [2.24, 2.45) is 0 Å².